The number of hydrogen-bond acceptors (Lipinski definition) is 5. The summed E-state index contributed by atoms with van der Waals surface area (Å²) in [6.45, 7) is 10.2. The Morgan fingerprint density at radius 2 is 1.64 bits per heavy atom. The smallest absolute Gasteiger partial charge is 0.236 e. The summed E-state index contributed by atoms with van der Waals surface area (Å²) in [5, 5.41) is 0. The van der Waals surface area contributed by atoms with Gasteiger partial charge in [0, 0.05) is 52.4 Å². The molecule has 2 aliphatic heterocycles. The molecule has 7 nitrogen and oxygen atoms in total. The van der Waals surface area contributed by atoms with Crippen molar-refractivity contribution in [1.82, 2.24) is 19.6 Å². The molecule has 22 heavy (non-hydrogen) atoms. The van der Waals surface area contributed by atoms with Crippen molar-refractivity contribution in [2.75, 3.05) is 72.5 Å². The number of carbonyl (C=O) groups excluding carboxylic acids is 2. The van der Waals surface area contributed by atoms with E-state index in [1.807, 2.05) is 11.9 Å². The number of rotatable bonds is 4. The molecule has 2 saturated heterocycles. The van der Waals surface area contributed by atoms with E-state index in [-0.39, 0.29) is 17.7 Å². The van der Waals surface area contributed by atoms with Crippen LogP contribution in [0.5, 0.6) is 0 Å². The van der Waals surface area contributed by atoms with Gasteiger partial charge in [-0.2, -0.15) is 0 Å². The summed E-state index contributed by atoms with van der Waals surface area (Å²) in [4.78, 5) is 32.6. The van der Waals surface area contributed by atoms with Crippen molar-refractivity contribution in [1.29, 1.82) is 0 Å². The van der Waals surface area contributed by atoms with Gasteiger partial charge in [0.05, 0.1) is 12.5 Å². The number of carbonyl (C=O) groups is 2. The van der Waals surface area contributed by atoms with Crippen molar-refractivity contribution in [3.63, 3.8) is 0 Å². The second-order valence-electron chi connectivity index (χ2n) is 6.41. The predicted octanol–water partition coefficient (Wildman–Crippen LogP) is -1.50. The fourth-order valence-electron chi connectivity index (χ4n) is 3.14. The van der Waals surface area contributed by atoms with Gasteiger partial charge in [-0.05, 0) is 13.6 Å². The fourth-order valence-corrected chi connectivity index (χ4v) is 3.14. The van der Waals surface area contributed by atoms with Gasteiger partial charge in [-0.3, -0.25) is 14.5 Å². The van der Waals surface area contributed by atoms with Gasteiger partial charge < -0.3 is 20.4 Å². The van der Waals surface area contributed by atoms with E-state index in [0.717, 1.165) is 39.3 Å². The second kappa shape index (κ2) is 7.89. The molecule has 0 aromatic heterocycles. The lowest BCUT2D eigenvalue weighted by Gasteiger charge is -2.34. The molecule has 1 atom stereocenters. The van der Waals surface area contributed by atoms with Crippen molar-refractivity contribution in [2.24, 2.45) is 11.7 Å². The highest BCUT2D eigenvalue weighted by Crippen LogP contribution is 2.10. The molecule has 2 heterocycles. The van der Waals surface area contributed by atoms with Crippen LogP contribution in [0.2, 0.25) is 0 Å². The summed E-state index contributed by atoms with van der Waals surface area (Å²) in [5.41, 5.74) is 5.46. The molecule has 2 amide bonds. The largest absolute Gasteiger partial charge is 0.369 e. The highest BCUT2D eigenvalue weighted by Gasteiger charge is 2.28. The molecule has 2 rings (SSSR count). The van der Waals surface area contributed by atoms with Gasteiger partial charge in [0.15, 0.2) is 0 Å². The van der Waals surface area contributed by atoms with E-state index in [4.69, 9.17) is 5.73 Å². The minimum Gasteiger partial charge on any atom is -0.369 e. The summed E-state index contributed by atoms with van der Waals surface area (Å²) >= 11 is 0. The predicted molar refractivity (Wildman–Crippen MR) is 85.3 cm³/mol. The van der Waals surface area contributed by atoms with Gasteiger partial charge >= 0.3 is 0 Å². The molecular formula is C15H29N5O2. The van der Waals surface area contributed by atoms with Gasteiger partial charge in [-0.15, -0.1) is 0 Å². The van der Waals surface area contributed by atoms with Crippen molar-refractivity contribution in [3.05, 3.63) is 0 Å². The molecule has 2 aliphatic rings. The molecule has 0 aromatic carbocycles. The number of piperazine rings is 1. The summed E-state index contributed by atoms with van der Waals surface area (Å²) in [6.07, 6.45) is 0. The third kappa shape index (κ3) is 4.66. The zero-order valence-electron chi connectivity index (χ0n) is 13.8. The van der Waals surface area contributed by atoms with Crippen molar-refractivity contribution in [3.8, 4) is 0 Å². The van der Waals surface area contributed by atoms with Crippen LogP contribution in [0.4, 0.5) is 0 Å². The number of amides is 2. The van der Waals surface area contributed by atoms with Crippen LogP contribution < -0.4 is 5.73 Å². The van der Waals surface area contributed by atoms with Crippen molar-refractivity contribution in [2.45, 2.75) is 6.92 Å². The van der Waals surface area contributed by atoms with E-state index in [1.165, 1.54) is 0 Å². The Kier molecular flexibility index (Phi) is 6.16. The lowest BCUT2D eigenvalue weighted by Crippen LogP contribution is -2.50. The Bertz CT molecular complexity index is 395. The molecule has 0 aliphatic carbocycles. The number of hydrogen-bond donors (Lipinski definition) is 1. The SMILES string of the molecule is CCN1CCN(CC(=O)N2CCN(C)CC(C(N)=O)C2)CC1. The minimum atomic E-state index is -0.317. The number of likely N-dealkylation sites (N-methyl/N-ethyl adjacent to an activating group) is 2. The summed E-state index contributed by atoms with van der Waals surface area (Å²) in [7, 11) is 1.97. The Labute approximate surface area is 133 Å². The molecule has 7 heteroatoms. The fraction of sp³-hybridized carbons (Fsp3) is 0.867. The maximum Gasteiger partial charge on any atom is 0.236 e. The molecular weight excluding hydrogens is 282 g/mol. The standard InChI is InChI=1S/C15H29N5O2/c1-3-18-5-7-19(8-6-18)12-14(21)20-9-4-17(2)10-13(11-20)15(16)22/h13H,3-12H2,1-2H3,(H2,16,22). The molecule has 0 radical (unpaired) electrons. The average molecular weight is 311 g/mol. The van der Waals surface area contributed by atoms with Gasteiger partial charge in [0.2, 0.25) is 11.8 Å². The first kappa shape index (κ1) is 17.2. The molecule has 2 fully saturated rings. The van der Waals surface area contributed by atoms with E-state index in [9.17, 15) is 9.59 Å². The van der Waals surface area contributed by atoms with E-state index in [1.54, 1.807) is 0 Å². The molecule has 2 N–H and O–H groups in total. The molecule has 1 unspecified atom stereocenters. The van der Waals surface area contributed by atoms with Gasteiger partial charge in [-0.25, -0.2) is 0 Å². The summed E-state index contributed by atoms with van der Waals surface area (Å²) in [5.74, 6) is -0.469. The Hall–Kier alpha value is -1.18. The maximum absolute atomic E-state index is 12.5. The second-order valence-corrected chi connectivity index (χ2v) is 6.41. The zero-order chi connectivity index (χ0) is 16.1. The Balaban J connectivity index is 1.87. The summed E-state index contributed by atoms with van der Waals surface area (Å²) in [6, 6.07) is 0. The normalized spacial score (nSPS) is 25.9. The first-order valence-corrected chi connectivity index (χ1v) is 8.20. The van der Waals surface area contributed by atoms with Crippen LogP contribution in [0, 0.1) is 5.92 Å². The average Bonchev–Trinajstić information content (AvgIpc) is 2.70. The maximum atomic E-state index is 12.5. The highest BCUT2D eigenvalue weighted by molar-refractivity contribution is 5.81. The van der Waals surface area contributed by atoms with Crippen LogP contribution in [0.3, 0.4) is 0 Å². The van der Waals surface area contributed by atoms with E-state index >= 15 is 0 Å². The minimum absolute atomic E-state index is 0.117. The Morgan fingerprint density at radius 1 is 1.00 bits per heavy atom. The molecule has 126 valence electrons. The lowest BCUT2D eigenvalue weighted by atomic mass is 10.1. The number of nitrogens with zero attached hydrogens (tertiary/aromatic N) is 4. The van der Waals surface area contributed by atoms with Crippen molar-refractivity contribution < 1.29 is 9.59 Å². The first-order valence-electron chi connectivity index (χ1n) is 8.20. The quantitative estimate of drug-likeness (QED) is 0.684. The molecule has 0 saturated carbocycles. The summed E-state index contributed by atoms with van der Waals surface area (Å²) < 4.78 is 0. The van der Waals surface area contributed by atoms with Crippen molar-refractivity contribution >= 4 is 11.8 Å². The zero-order valence-corrected chi connectivity index (χ0v) is 13.8. The monoisotopic (exact) mass is 311 g/mol. The topological polar surface area (TPSA) is 73.1 Å². The van der Waals surface area contributed by atoms with E-state index in [0.29, 0.717) is 26.2 Å². The Morgan fingerprint density at radius 3 is 2.23 bits per heavy atom. The van der Waals surface area contributed by atoms with E-state index < -0.39 is 0 Å². The third-order valence-electron chi connectivity index (χ3n) is 4.75. The van der Waals surface area contributed by atoms with E-state index in [2.05, 4.69) is 21.6 Å². The first-order chi connectivity index (χ1) is 10.5. The molecule has 0 bridgehead atoms. The third-order valence-corrected chi connectivity index (χ3v) is 4.75. The molecule has 0 spiro atoms. The van der Waals surface area contributed by atoms with Crippen LogP contribution in [-0.4, -0.2) is 104 Å². The number of nitrogens with two attached hydrogens (primary N) is 1. The lowest BCUT2D eigenvalue weighted by molar-refractivity contribution is -0.134. The van der Waals surface area contributed by atoms with Crippen LogP contribution in [-0.2, 0) is 9.59 Å². The number of primary amides is 1. The van der Waals surface area contributed by atoms with Crippen LogP contribution >= 0.6 is 0 Å². The van der Waals surface area contributed by atoms with Crippen LogP contribution in [0.15, 0.2) is 0 Å². The highest BCUT2D eigenvalue weighted by atomic mass is 16.2. The van der Waals surface area contributed by atoms with Gasteiger partial charge in [0.25, 0.3) is 0 Å². The molecule has 0 aromatic rings. The van der Waals surface area contributed by atoms with Gasteiger partial charge in [0.1, 0.15) is 0 Å². The van der Waals surface area contributed by atoms with Gasteiger partial charge in [-0.1, -0.05) is 6.92 Å². The van der Waals surface area contributed by atoms with Crippen LogP contribution in [0.25, 0.3) is 0 Å². The van der Waals surface area contributed by atoms with Crippen LogP contribution in [0.1, 0.15) is 6.92 Å².